The van der Waals surface area contributed by atoms with E-state index in [4.69, 9.17) is 24.5 Å². The van der Waals surface area contributed by atoms with Gasteiger partial charge >= 0.3 is 6.03 Å². The second-order valence-corrected chi connectivity index (χ2v) is 11.8. The van der Waals surface area contributed by atoms with Crippen molar-refractivity contribution < 1.29 is 37.7 Å². The molecule has 1 aromatic carbocycles. The smallest absolute Gasteiger partial charge is 0.315 e. The van der Waals surface area contributed by atoms with Crippen LogP contribution in [0.15, 0.2) is 23.3 Å². The molecule has 0 spiro atoms. The lowest BCUT2D eigenvalue weighted by atomic mass is 10.0. The van der Waals surface area contributed by atoms with Crippen LogP contribution in [0.5, 0.6) is 0 Å². The van der Waals surface area contributed by atoms with Crippen molar-refractivity contribution in [2.45, 2.75) is 55.9 Å². The van der Waals surface area contributed by atoms with Crippen LogP contribution in [0.3, 0.4) is 0 Å². The average Bonchev–Trinajstić information content (AvgIpc) is 3.58. The molecule has 2 fully saturated rings. The minimum Gasteiger partial charge on any atom is -0.377 e. The Morgan fingerprint density at radius 3 is 2.18 bits per heavy atom. The molecule has 2 aliphatic heterocycles. The minimum absolute atomic E-state index is 0.0240. The maximum atomic E-state index is 13.8. The predicted molar refractivity (Wildman–Crippen MR) is 167 cm³/mol. The van der Waals surface area contributed by atoms with Crippen molar-refractivity contribution in [2.24, 2.45) is 5.11 Å². The number of nitrogens with one attached hydrogen (secondary N) is 4. The molecule has 0 bridgehead atoms. The Labute approximate surface area is 266 Å². The van der Waals surface area contributed by atoms with E-state index in [0.717, 1.165) is 25.0 Å². The summed E-state index contributed by atoms with van der Waals surface area (Å²) in [6.45, 7) is 4.09. The van der Waals surface area contributed by atoms with E-state index in [2.05, 4.69) is 31.3 Å². The van der Waals surface area contributed by atoms with Gasteiger partial charge in [-0.1, -0.05) is 17.6 Å². The van der Waals surface area contributed by atoms with Crippen molar-refractivity contribution in [3.63, 3.8) is 0 Å². The topological polar surface area (TPSA) is 185 Å². The Morgan fingerprint density at radius 1 is 0.933 bits per heavy atom. The van der Waals surface area contributed by atoms with Gasteiger partial charge in [-0.25, -0.2) is 9.18 Å². The molecule has 1 aromatic rings. The highest BCUT2D eigenvalue weighted by molar-refractivity contribution is 8.00. The summed E-state index contributed by atoms with van der Waals surface area (Å²) in [6.07, 6.45) is 3.85. The van der Waals surface area contributed by atoms with Crippen molar-refractivity contribution in [1.82, 2.24) is 21.3 Å². The van der Waals surface area contributed by atoms with Crippen molar-refractivity contribution in [2.75, 3.05) is 71.7 Å². The van der Waals surface area contributed by atoms with E-state index < -0.39 is 5.82 Å². The number of urea groups is 1. The van der Waals surface area contributed by atoms with Crippen molar-refractivity contribution in [3.05, 3.63) is 40.0 Å². The maximum Gasteiger partial charge on any atom is 0.315 e. The van der Waals surface area contributed by atoms with Gasteiger partial charge in [0, 0.05) is 41.8 Å². The molecule has 2 saturated heterocycles. The highest BCUT2D eigenvalue weighted by Gasteiger charge is 2.42. The van der Waals surface area contributed by atoms with E-state index in [-0.39, 0.29) is 42.0 Å². The molecule has 0 saturated carbocycles. The van der Waals surface area contributed by atoms with Gasteiger partial charge in [0.25, 0.3) is 0 Å². The first-order chi connectivity index (χ1) is 22.0. The maximum absolute atomic E-state index is 13.8. The van der Waals surface area contributed by atoms with Gasteiger partial charge in [-0.3, -0.25) is 9.59 Å². The van der Waals surface area contributed by atoms with Gasteiger partial charge in [0.1, 0.15) is 5.82 Å². The van der Waals surface area contributed by atoms with Gasteiger partial charge in [0.2, 0.25) is 11.8 Å². The molecule has 0 radical (unpaired) electrons. The number of carbonyl (C=O) groups excluding carboxylic acids is 3. The normalized spacial score (nSPS) is 18.5. The first-order valence-corrected chi connectivity index (χ1v) is 16.4. The van der Waals surface area contributed by atoms with Crippen molar-refractivity contribution in [1.29, 1.82) is 0 Å². The summed E-state index contributed by atoms with van der Waals surface area (Å²) in [5, 5.41) is 15.2. The second-order valence-electron chi connectivity index (χ2n) is 10.5. The van der Waals surface area contributed by atoms with Gasteiger partial charge in [-0.05, 0) is 42.5 Å². The molecule has 0 aliphatic carbocycles. The molecule has 3 rings (SSSR count). The zero-order valence-electron chi connectivity index (χ0n) is 25.5. The van der Waals surface area contributed by atoms with E-state index >= 15 is 0 Å². The number of benzene rings is 1. The molecule has 4 N–H and O–H groups in total. The molecule has 2 heterocycles. The van der Waals surface area contributed by atoms with E-state index in [1.807, 2.05) is 11.8 Å². The fraction of sp³-hybridized carbons (Fsp3) is 0.690. The van der Waals surface area contributed by atoms with E-state index in [1.54, 1.807) is 6.07 Å². The van der Waals surface area contributed by atoms with Crippen LogP contribution in [0.1, 0.15) is 37.7 Å². The lowest BCUT2D eigenvalue weighted by Crippen LogP contribution is -2.36. The van der Waals surface area contributed by atoms with Gasteiger partial charge in [0.15, 0.2) is 0 Å². The summed E-state index contributed by atoms with van der Waals surface area (Å²) in [4.78, 5) is 37.9. The standard InChI is InChI=1S/C29H44FN7O7S/c30-22-19-21(5-7-23(22)36-37-31)6-8-27(39)33-10-12-42-14-16-44-18-17-43-15-13-41-11-9-32-26(38)4-2-1-3-25-28-24(20-45-25)34-29(40)35-28/h5,7,19,24-25,28H,1-4,6,8-18,20H2,(H,32,38)(H,33,39)(H2,34,35,40)/t24-,25-,28-/m0/s1. The molecular weight excluding hydrogens is 609 g/mol. The summed E-state index contributed by atoms with van der Waals surface area (Å²) in [7, 11) is 0. The first-order valence-electron chi connectivity index (χ1n) is 15.3. The zero-order chi connectivity index (χ0) is 32.1. The van der Waals surface area contributed by atoms with Crippen LogP contribution < -0.4 is 21.3 Å². The van der Waals surface area contributed by atoms with Crippen LogP contribution >= 0.6 is 11.8 Å². The fourth-order valence-electron chi connectivity index (χ4n) is 4.83. The van der Waals surface area contributed by atoms with Crippen molar-refractivity contribution >= 4 is 35.3 Å². The third-order valence-electron chi connectivity index (χ3n) is 7.14. The number of aryl methyl sites for hydroxylation is 1. The number of amides is 4. The summed E-state index contributed by atoms with van der Waals surface area (Å²) < 4.78 is 35.6. The largest absolute Gasteiger partial charge is 0.377 e. The van der Waals surface area contributed by atoms with E-state index in [1.165, 1.54) is 12.1 Å². The Balaban J connectivity index is 1.01. The minimum atomic E-state index is -0.618. The Hall–Kier alpha value is -3.14. The number of thioether (sulfide) groups is 1. The molecule has 4 amide bonds. The number of halogens is 1. The van der Waals surface area contributed by atoms with Crippen molar-refractivity contribution in [3.8, 4) is 0 Å². The number of carbonyl (C=O) groups is 3. The summed E-state index contributed by atoms with van der Waals surface area (Å²) >= 11 is 1.89. The number of azide groups is 1. The Bertz CT molecular complexity index is 1130. The lowest BCUT2D eigenvalue weighted by Gasteiger charge is -2.16. The first kappa shape index (κ1) is 36.3. The Morgan fingerprint density at radius 2 is 1.56 bits per heavy atom. The highest BCUT2D eigenvalue weighted by Crippen LogP contribution is 2.33. The van der Waals surface area contributed by atoms with Gasteiger partial charge < -0.3 is 40.2 Å². The highest BCUT2D eigenvalue weighted by atomic mass is 32.2. The molecule has 45 heavy (non-hydrogen) atoms. The molecule has 0 aromatic heterocycles. The van der Waals surface area contributed by atoms with E-state index in [0.29, 0.717) is 89.6 Å². The zero-order valence-corrected chi connectivity index (χ0v) is 26.3. The fourth-order valence-corrected chi connectivity index (χ4v) is 6.37. The molecule has 14 nitrogen and oxygen atoms in total. The number of ether oxygens (including phenoxy) is 4. The number of hydrogen-bond acceptors (Lipinski definition) is 9. The lowest BCUT2D eigenvalue weighted by molar-refractivity contribution is -0.122. The molecule has 2 aliphatic rings. The van der Waals surface area contributed by atoms with E-state index in [9.17, 15) is 18.8 Å². The number of unbranched alkanes of at least 4 members (excludes halogenated alkanes) is 1. The number of rotatable bonds is 24. The molecule has 3 atom stereocenters. The monoisotopic (exact) mass is 653 g/mol. The van der Waals surface area contributed by atoms with Crippen LogP contribution in [0, 0.1) is 5.82 Å². The molecule has 16 heteroatoms. The van der Waals surface area contributed by atoms with Crippen LogP contribution in [-0.4, -0.2) is 107 Å². The second kappa shape index (κ2) is 21.6. The molecule has 250 valence electrons. The third kappa shape index (κ3) is 14.7. The van der Waals surface area contributed by atoms with Gasteiger partial charge in [0.05, 0.1) is 70.6 Å². The molecular formula is C29H44FN7O7S. The van der Waals surface area contributed by atoms with Crippen LogP contribution in [-0.2, 0) is 35.0 Å². The van der Waals surface area contributed by atoms with Gasteiger partial charge in [-0.2, -0.15) is 11.8 Å². The van der Waals surface area contributed by atoms with Gasteiger partial charge in [-0.15, -0.1) is 0 Å². The Kier molecular flexibility index (Phi) is 17.4. The van der Waals surface area contributed by atoms with Crippen LogP contribution in [0.2, 0.25) is 0 Å². The SMILES string of the molecule is [N-]=[N+]=Nc1ccc(CCC(=O)NCCOCCOCCOCCOCCNC(=O)CCCC[C@@H]2SC[C@@H]3NC(=O)N[C@@H]32)cc1F. The van der Waals surface area contributed by atoms with Crippen LogP contribution in [0.4, 0.5) is 14.9 Å². The third-order valence-corrected chi connectivity index (χ3v) is 8.65. The molecule has 0 unspecified atom stereocenters. The average molecular weight is 654 g/mol. The predicted octanol–water partition coefficient (Wildman–Crippen LogP) is 2.72. The quantitative estimate of drug-likeness (QED) is 0.0431. The summed E-state index contributed by atoms with van der Waals surface area (Å²) in [6, 6.07) is 4.65. The van der Waals surface area contributed by atoms with Crippen LogP contribution in [0.25, 0.3) is 10.4 Å². The summed E-state index contributed by atoms with van der Waals surface area (Å²) in [5.74, 6) is 0.188. The number of nitrogens with zero attached hydrogens (tertiary/aromatic N) is 3. The number of fused-ring (bicyclic) bond motifs is 1. The summed E-state index contributed by atoms with van der Waals surface area (Å²) in [5.41, 5.74) is 8.95. The number of hydrogen-bond donors (Lipinski definition) is 4.